The van der Waals surface area contributed by atoms with Gasteiger partial charge in [-0.1, -0.05) is 36.8 Å². The minimum Gasteiger partial charge on any atom is -0.339 e. The standard InChI is InChI=1S/C15H14N4/c1-2-5-11(6-3-1)15(7-4-8-15)14-18-12-9-16-10-17-13(12)19-14/h1-3,5-6,9-10H,4,7-8H2,(H,16,17,18,19). The number of rotatable bonds is 2. The van der Waals surface area contributed by atoms with Gasteiger partial charge in [0.25, 0.3) is 0 Å². The summed E-state index contributed by atoms with van der Waals surface area (Å²) >= 11 is 0. The minimum atomic E-state index is 0.0436. The van der Waals surface area contributed by atoms with Crippen LogP contribution in [0.15, 0.2) is 42.9 Å². The van der Waals surface area contributed by atoms with E-state index in [2.05, 4.69) is 50.3 Å². The molecular weight excluding hydrogens is 236 g/mol. The highest BCUT2D eigenvalue weighted by molar-refractivity contribution is 5.69. The number of hydrogen-bond acceptors (Lipinski definition) is 3. The van der Waals surface area contributed by atoms with E-state index in [1.54, 1.807) is 12.5 Å². The number of H-pyrrole nitrogens is 1. The zero-order valence-electron chi connectivity index (χ0n) is 10.5. The van der Waals surface area contributed by atoms with E-state index in [4.69, 9.17) is 0 Å². The average molecular weight is 250 g/mol. The van der Waals surface area contributed by atoms with Crippen molar-refractivity contribution in [1.29, 1.82) is 0 Å². The van der Waals surface area contributed by atoms with Gasteiger partial charge in [0, 0.05) is 0 Å². The summed E-state index contributed by atoms with van der Waals surface area (Å²) in [6.07, 6.45) is 6.87. The summed E-state index contributed by atoms with van der Waals surface area (Å²) < 4.78 is 0. The first-order valence-corrected chi connectivity index (χ1v) is 6.60. The van der Waals surface area contributed by atoms with Crippen LogP contribution in [0, 0.1) is 0 Å². The van der Waals surface area contributed by atoms with Crippen molar-refractivity contribution in [3.8, 4) is 0 Å². The summed E-state index contributed by atoms with van der Waals surface area (Å²) in [6, 6.07) is 10.6. The maximum Gasteiger partial charge on any atom is 0.180 e. The van der Waals surface area contributed by atoms with Crippen LogP contribution in [0.2, 0.25) is 0 Å². The average Bonchev–Trinajstić information content (AvgIpc) is 2.82. The van der Waals surface area contributed by atoms with Gasteiger partial charge >= 0.3 is 0 Å². The molecule has 4 heteroatoms. The van der Waals surface area contributed by atoms with Gasteiger partial charge in [-0.2, -0.15) is 0 Å². The molecule has 1 saturated carbocycles. The third-order valence-electron chi connectivity index (χ3n) is 4.15. The molecule has 19 heavy (non-hydrogen) atoms. The SMILES string of the molecule is c1ccc(C2(c3nc4ncncc4[nH]3)CCC2)cc1. The van der Waals surface area contributed by atoms with E-state index in [-0.39, 0.29) is 5.41 Å². The second-order valence-corrected chi connectivity index (χ2v) is 5.15. The summed E-state index contributed by atoms with van der Waals surface area (Å²) in [5, 5.41) is 0. The molecule has 1 aromatic carbocycles. The number of nitrogens with one attached hydrogen (secondary N) is 1. The fourth-order valence-corrected chi connectivity index (χ4v) is 2.94. The molecule has 0 amide bonds. The van der Waals surface area contributed by atoms with Crippen molar-refractivity contribution in [3.63, 3.8) is 0 Å². The number of imidazole rings is 1. The maximum absolute atomic E-state index is 4.68. The van der Waals surface area contributed by atoms with Crippen LogP contribution in [-0.4, -0.2) is 19.9 Å². The quantitative estimate of drug-likeness (QED) is 0.761. The van der Waals surface area contributed by atoms with Crippen LogP contribution in [0.4, 0.5) is 0 Å². The maximum atomic E-state index is 4.68. The molecule has 0 atom stereocenters. The number of aromatic nitrogens is 4. The molecule has 0 unspecified atom stereocenters. The molecule has 94 valence electrons. The van der Waals surface area contributed by atoms with Gasteiger partial charge in [0.05, 0.1) is 11.6 Å². The summed E-state index contributed by atoms with van der Waals surface area (Å²) in [5.74, 6) is 1.03. The molecule has 3 aromatic rings. The normalized spacial score (nSPS) is 17.3. The second-order valence-electron chi connectivity index (χ2n) is 5.15. The van der Waals surface area contributed by atoms with Crippen LogP contribution < -0.4 is 0 Å². The first-order chi connectivity index (χ1) is 9.38. The van der Waals surface area contributed by atoms with Gasteiger partial charge in [-0.3, -0.25) is 0 Å². The molecule has 0 bridgehead atoms. The molecule has 0 saturated heterocycles. The Labute approximate surface area is 110 Å². The van der Waals surface area contributed by atoms with Crippen LogP contribution in [0.1, 0.15) is 30.7 Å². The van der Waals surface area contributed by atoms with E-state index in [9.17, 15) is 0 Å². The number of hydrogen-bond donors (Lipinski definition) is 1. The summed E-state index contributed by atoms with van der Waals surface area (Å²) in [6.45, 7) is 0. The highest BCUT2D eigenvalue weighted by atomic mass is 15.0. The van der Waals surface area contributed by atoms with E-state index in [0.717, 1.165) is 29.8 Å². The fraction of sp³-hybridized carbons (Fsp3) is 0.267. The van der Waals surface area contributed by atoms with E-state index in [1.165, 1.54) is 12.0 Å². The van der Waals surface area contributed by atoms with Gasteiger partial charge in [0.1, 0.15) is 17.7 Å². The molecule has 1 fully saturated rings. The van der Waals surface area contributed by atoms with E-state index < -0.39 is 0 Å². The van der Waals surface area contributed by atoms with E-state index >= 15 is 0 Å². The molecule has 4 rings (SSSR count). The van der Waals surface area contributed by atoms with Crippen molar-refractivity contribution in [2.75, 3.05) is 0 Å². The van der Waals surface area contributed by atoms with Crippen molar-refractivity contribution in [3.05, 3.63) is 54.2 Å². The topological polar surface area (TPSA) is 54.5 Å². The Kier molecular flexibility index (Phi) is 2.18. The predicted octanol–water partition coefficient (Wildman–Crippen LogP) is 2.82. The van der Waals surface area contributed by atoms with E-state index in [0.29, 0.717) is 0 Å². The molecule has 4 nitrogen and oxygen atoms in total. The Hall–Kier alpha value is -2.23. The molecular formula is C15H14N4. The lowest BCUT2D eigenvalue weighted by molar-refractivity contribution is 0.287. The van der Waals surface area contributed by atoms with Crippen molar-refractivity contribution in [2.45, 2.75) is 24.7 Å². The zero-order valence-corrected chi connectivity index (χ0v) is 10.5. The Morgan fingerprint density at radius 2 is 1.95 bits per heavy atom. The van der Waals surface area contributed by atoms with E-state index in [1.807, 2.05) is 0 Å². The monoisotopic (exact) mass is 250 g/mol. The number of aromatic amines is 1. The molecule has 1 aliphatic rings. The number of benzene rings is 1. The van der Waals surface area contributed by atoms with Crippen molar-refractivity contribution in [2.24, 2.45) is 0 Å². The van der Waals surface area contributed by atoms with Gasteiger partial charge in [-0.05, 0) is 18.4 Å². The summed E-state index contributed by atoms with van der Waals surface area (Å²) in [5.41, 5.74) is 3.06. The Balaban J connectivity index is 1.89. The zero-order chi connectivity index (χ0) is 12.7. The number of nitrogens with zero attached hydrogens (tertiary/aromatic N) is 3. The predicted molar refractivity (Wildman–Crippen MR) is 72.8 cm³/mol. The summed E-state index contributed by atoms with van der Waals surface area (Å²) in [4.78, 5) is 16.3. The third-order valence-corrected chi connectivity index (χ3v) is 4.15. The van der Waals surface area contributed by atoms with Crippen LogP contribution in [0.25, 0.3) is 11.2 Å². The molecule has 2 heterocycles. The van der Waals surface area contributed by atoms with Crippen molar-refractivity contribution in [1.82, 2.24) is 19.9 Å². The largest absolute Gasteiger partial charge is 0.339 e. The Morgan fingerprint density at radius 1 is 1.11 bits per heavy atom. The van der Waals surface area contributed by atoms with Crippen LogP contribution >= 0.6 is 0 Å². The van der Waals surface area contributed by atoms with Crippen LogP contribution in [-0.2, 0) is 5.41 Å². The first kappa shape index (κ1) is 10.7. The molecule has 0 radical (unpaired) electrons. The lowest BCUT2D eigenvalue weighted by Crippen LogP contribution is -2.36. The van der Waals surface area contributed by atoms with Crippen molar-refractivity contribution >= 4 is 11.2 Å². The summed E-state index contributed by atoms with van der Waals surface area (Å²) in [7, 11) is 0. The van der Waals surface area contributed by atoms with Gasteiger partial charge < -0.3 is 4.98 Å². The Morgan fingerprint density at radius 3 is 2.63 bits per heavy atom. The minimum absolute atomic E-state index is 0.0436. The Bertz CT molecular complexity index is 680. The van der Waals surface area contributed by atoms with Gasteiger partial charge in [0.2, 0.25) is 0 Å². The van der Waals surface area contributed by atoms with Gasteiger partial charge in [0.15, 0.2) is 5.65 Å². The smallest absolute Gasteiger partial charge is 0.180 e. The van der Waals surface area contributed by atoms with Crippen LogP contribution in [0.5, 0.6) is 0 Å². The highest BCUT2D eigenvalue weighted by Gasteiger charge is 2.42. The van der Waals surface area contributed by atoms with Gasteiger partial charge in [-0.15, -0.1) is 0 Å². The lowest BCUT2D eigenvalue weighted by Gasteiger charge is -2.40. The molecule has 0 spiro atoms. The lowest BCUT2D eigenvalue weighted by atomic mass is 9.64. The molecule has 1 aliphatic carbocycles. The molecule has 1 N–H and O–H groups in total. The molecule has 0 aliphatic heterocycles. The van der Waals surface area contributed by atoms with Gasteiger partial charge in [-0.25, -0.2) is 15.0 Å². The number of fused-ring (bicyclic) bond motifs is 1. The molecule has 2 aromatic heterocycles. The van der Waals surface area contributed by atoms with Crippen LogP contribution in [0.3, 0.4) is 0 Å². The second kappa shape index (κ2) is 3.88. The first-order valence-electron chi connectivity index (χ1n) is 6.60. The fourth-order valence-electron chi connectivity index (χ4n) is 2.94. The highest BCUT2D eigenvalue weighted by Crippen LogP contribution is 2.47. The third kappa shape index (κ3) is 1.49. The van der Waals surface area contributed by atoms with Crippen molar-refractivity contribution < 1.29 is 0 Å².